The van der Waals surface area contributed by atoms with Crippen LogP contribution in [0.15, 0.2) is 30.3 Å². The molecule has 84 valence electrons. The zero-order valence-electron chi connectivity index (χ0n) is 9.52. The van der Waals surface area contributed by atoms with Crippen molar-refractivity contribution in [1.82, 2.24) is 0 Å². The van der Waals surface area contributed by atoms with Crippen molar-refractivity contribution >= 4 is 0 Å². The first-order chi connectivity index (χ1) is 7.22. The summed E-state index contributed by atoms with van der Waals surface area (Å²) in [4.78, 5) is 0. The van der Waals surface area contributed by atoms with Gasteiger partial charge in [-0.15, -0.1) is 0 Å². The van der Waals surface area contributed by atoms with Gasteiger partial charge in [0.1, 0.15) is 0 Å². The van der Waals surface area contributed by atoms with Gasteiger partial charge in [-0.25, -0.2) is 0 Å². The van der Waals surface area contributed by atoms with Crippen LogP contribution < -0.4 is 0 Å². The minimum atomic E-state index is -0.676. The maximum absolute atomic E-state index is 9.21. The van der Waals surface area contributed by atoms with Gasteiger partial charge in [0.2, 0.25) is 0 Å². The van der Waals surface area contributed by atoms with Crippen LogP contribution in [0.3, 0.4) is 0 Å². The zero-order chi connectivity index (χ0) is 11.1. The molecule has 0 aliphatic carbocycles. The van der Waals surface area contributed by atoms with Crippen LogP contribution in [0.25, 0.3) is 0 Å². The number of hydrogen-bond donors (Lipinski definition) is 1. The Bertz CT molecular complexity index is 256. The van der Waals surface area contributed by atoms with Crippen LogP contribution in [-0.4, -0.2) is 17.5 Å². The molecule has 2 heteroatoms. The molecular formula is C13H20O2. The van der Waals surface area contributed by atoms with Crippen LogP contribution in [-0.2, 0) is 11.2 Å². The molecule has 0 aliphatic heterocycles. The Morgan fingerprint density at radius 1 is 1.27 bits per heavy atom. The average Bonchev–Trinajstić information content (AvgIpc) is 2.18. The van der Waals surface area contributed by atoms with Crippen molar-refractivity contribution in [1.29, 1.82) is 0 Å². The van der Waals surface area contributed by atoms with Gasteiger partial charge in [0.05, 0.1) is 6.10 Å². The number of aliphatic hydroxyl groups is 1. The summed E-state index contributed by atoms with van der Waals surface area (Å²) in [5, 5.41) is 9.21. The van der Waals surface area contributed by atoms with Crippen LogP contribution in [0.4, 0.5) is 0 Å². The van der Waals surface area contributed by atoms with Crippen LogP contribution in [0.2, 0.25) is 0 Å². The highest BCUT2D eigenvalue weighted by Gasteiger charge is 2.11. The number of aliphatic hydroxyl groups excluding tert-OH is 1. The lowest BCUT2D eigenvalue weighted by molar-refractivity contribution is -0.125. The molecule has 0 aromatic heterocycles. The predicted molar refractivity (Wildman–Crippen MR) is 61.6 cm³/mol. The lowest BCUT2D eigenvalue weighted by Gasteiger charge is -2.19. The van der Waals surface area contributed by atoms with E-state index < -0.39 is 6.29 Å². The monoisotopic (exact) mass is 208 g/mol. The van der Waals surface area contributed by atoms with E-state index in [1.807, 2.05) is 18.2 Å². The van der Waals surface area contributed by atoms with E-state index in [4.69, 9.17) is 4.74 Å². The fraction of sp³-hybridized carbons (Fsp3) is 0.538. The largest absolute Gasteiger partial charge is 0.368 e. The third-order valence-corrected chi connectivity index (χ3v) is 2.31. The Labute approximate surface area is 91.9 Å². The third kappa shape index (κ3) is 4.96. The fourth-order valence-corrected chi connectivity index (χ4v) is 1.70. The molecule has 2 unspecified atom stereocenters. The Morgan fingerprint density at radius 3 is 2.47 bits per heavy atom. The molecule has 0 aliphatic rings. The fourth-order valence-electron chi connectivity index (χ4n) is 1.70. The number of hydrogen-bond acceptors (Lipinski definition) is 2. The molecule has 1 N–H and O–H groups in total. The first-order valence-corrected chi connectivity index (χ1v) is 5.59. The standard InChI is InChI=1S/C13H20O2/c1-3-7-13(15-11(2)14)10-12-8-5-4-6-9-12/h4-6,8-9,11,13-14H,3,7,10H2,1-2H3. The quantitative estimate of drug-likeness (QED) is 0.728. The topological polar surface area (TPSA) is 29.5 Å². The normalized spacial score (nSPS) is 14.9. The summed E-state index contributed by atoms with van der Waals surface area (Å²) in [6.45, 7) is 3.79. The van der Waals surface area contributed by atoms with E-state index in [0.29, 0.717) is 0 Å². The second-order valence-corrected chi connectivity index (χ2v) is 3.84. The molecule has 0 radical (unpaired) electrons. The van der Waals surface area contributed by atoms with E-state index in [0.717, 1.165) is 19.3 Å². The first kappa shape index (κ1) is 12.2. The molecular weight excluding hydrogens is 188 g/mol. The second-order valence-electron chi connectivity index (χ2n) is 3.84. The third-order valence-electron chi connectivity index (χ3n) is 2.31. The number of benzene rings is 1. The van der Waals surface area contributed by atoms with E-state index in [1.165, 1.54) is 5.56 Å². The first-order valence-electron chi connectivity index (χ1n) is 5.59. The molecule has 2 atom stereocenters. The molecule has 15 heavy (non-hydrogen) atoms. The van der Waals surface area contributed by atoms with Crippen molar-refractivity contribution in [2.75, 3.05) is 0 Å². The highest BCUT2D eigenvalue weighted by Crippen LogP contribution is 2.12. The molecule has 1 rings (SSSR count). The minimum absolute atomic E-state index is 0.123. The van der Waals surface area contributed by atoms with Crippen molar-refractivity contribution in [2.24, 2.45) is 0 Å². The van der Waals surface area contributed by atoms with Gasteiger partial charge in [-0.3, -0.25) is 0 Å². The van der Waals surface area contributed by atoms with Gasteiger partial charge < -0.3 is 9.84 Å². The van der Waals surface area contributed by atoms with E-state index in [-0.39, 0.29) is 6.10 Å². The summed E-state index contributed by atoms with van der Waals surface area (Å²) in [5.41, 5.74) is 1.26. The Hall–Kier alpha value is -0.860. The Kier molecular flexibility index (Phi) is 5.37. The lowest BCUT2D eigenvalue weighted by atomic mass is 10.0. The maximum Gasteiger partial charge on any atom is 0.152 e. The summed E-state index contributed by atoms with van der Waals surface area (Å²) in [6.07, 6.45) is 2.38. The molecule has 0 bridgehead atoms. The van der Waals surface area contributed by atoms with Gasteiger partial charge in [-0.2, -0.15) is 0 Å². The molecule has 1 aromatic rings. The molecule has 0 spiro atoms. The van der Waals surface area contributed by atoms with Gasteiger partial charge in [0.15, 0.2) is 6.29 Å². The zero-order valence-corrected chi connectivity index (χ0v) is 9.52. The summed E-state index contributed by atoms with van der Waals surface area (Å²) >= 11 is 0. The maximum atomic E-state index is 9.21. The highest BCUT2D eigenvalue weighted by molar-refractivity contribution is 5.15. The van der Waals surface area contributed by atoms with Crippen molar-refractivity contribution in [3.63, 3.8) is 0 Å². The molecule has 0 fully saturated rings. The minimum Gasteiger partial charge on any atom is -0.368 e. The van der Waals surface area contributed by atoms with Crippen molar-refractivity contribution in [2.45, 2.75) is 45.5 Å². The molecule has 0 heterocycles. The smallest absolute Gasteiger partial charge is 0.152 e. The van der Waals surface area contributed by atoms with E-state index in [2.05, 4.69) is 19.1 Å². The number of ether oxygens (including phenoxy) is 1. The lowest BCUT2D eigenvalue weighted by Crippen LogP contribution is -2.21. The second kappa shape index (κ2) is 6.59. The summed E-state index contributed by atoms with van der Waals surface area (Å²) in [7, 11) is 0. The highest BCUT2D eigenvalue weighted by atomic mass is 16.6. The average molecular weight is 208 g/mol. The molecule has 0 saturated heterocycles. The van der Waals surface area contributed by atoms with Crippen LogP contribution in [0, 0.1) is 0 Å². The van der Waals surface area contributed by atoms with Crippen LogP contribution in [0.5, 0.6) is 0 Å². The predicted octanol–water partition coefficient (Wildman–Crippen LogP) is 2.75. The summed E-state index contributed by atoms with van der Waals surface area (Å²) in [6, 6.07) is 10.2. The SMILES string of the molecule is CCCC(Cc1ccccc1)OC(C)O. The van der Waals surface area contributed by atoms with Crippen molar-refractivity contribution < 1.29 is 9.84 Å². The van der Waals surface area contributed by atoms with Gasteiger partial charge in [0.25, 0.3) is 0 Å². The Morgan fingerprint density at radius 2 is 1.93 bits per heavy atom. The van der Waals surface area contributed by atoms with Crippen LogP contribution >= 0.6 is 0 Å². The summed E-state index contributed by atoms with van der Waals surface area (Å²) in [5.74, 6) is 0. The Balaban J connectivity index is 2.50. The molecule has 0 saturated carbocycles. The van der Waals surface area contributed by atoms with Gasteiger partial charge in [-0.05, 0) is 25.3 Å². The van der Waals surface area contributed by atoms with Crippen molar-refractivity contribution in [3.8, 4) is 0 Å². The van der Waals surface area contributed by atoms with E-state index in [9.17, 15) is 5.11 Å². The van der Waals surface area contributed by atoms with E-state index in [1.54, 1.807) is 6.92 Å². The van der Waals surface area contributed by atoms with Gasteiger partial charge >= 0.3 is 0 Å². The van der Waals surface area contributed by atoms with Gasteiger partial charge in [-0.1, -0.05) is 43.7 Å². The molecule has 1 aromatic carbocycles. The van der Waals surface area contributed by atoms with Gasteiger partial charge in [0, 0.05) is 0 Å². The molecule has 2 nitrogen and oxygen atoms in total. The molecule has 0 amide bonds. The van der Waals surface area contributed by atoms with Crippen LogP contribution in [0.1, 0.15) is 32.3 Å². The summed E-state index contributed by atoms with van der Waals surface area (Å²) < 4.78 is 5.45. The van der Waals surface area contributed by atoms with E-state index >= 15 is 0 Å². The van der Waals surface area contributed by atoms with Crippen molar-refractivity contribution in [3.05, 3.63) is 35.9 Å². The number of rotatable bonds is 6.